The van der Waals surface area contributed by atoms with Crippen molar-refractivity contribution < 1.29 is 14.3 Å². The van der Waals surface area contributed by atoms with Gasteiger partial charge in [0.15, 0.2) is 11.6 Å². The van der Waals surface area contributed by atoms with E-state index in [1.54, 1.807) is 18.2 Å². The lowest BCUT2D eigenvalue weighted by Gasteiger charge is -2.38. The van der Waals surface area contributed by atoms with E-state index in [1.165, 1.54) is 0 Å². The molecule has 0 amide bonds. The molecule has 0 N–H and O–H groups in total. The van der Waals surface area contributed by atoms with Gasteiger partial charge in [-0.1, -0.05) is 19.9 Å². The Morgan fingerprint density at radius 2 is 2.00 bits per heavy atom. The van der Waals surface area contributed by atoms with Crippen molar-refractivity contribution in [1.29, 1.82) is 0 Å². The zero-order valence-corrected chi connectivity index (χ0v) is 8.69. The molecule has 0 saturated carbocycles. The Kier molecular flexibility index (Phi) is 1.49. The van der Waals surface area contributed by atoms with Crippen molar-refractivity contribution >= 4 is 11.6 Å². The van der Waals surface area contributed by atoms with Crippen molar-refractivity contribution in [3.8, 4) is 0 Å². The number of carbonyl (C=O) groups is 2. The minimum Gasteiger partial charge on any atom is -0.360 e. The summed E-state index contributed by atoms with van der Waals surface area (Å²) in [5.74, 6) is 0.0637. The van der Waals surface area contributed by atoms with E-state index in [1.807, 2.05) is 13.8 Å². The summed E-state index contributed by atoms with van der Waals surface area (Å²) >= 11 is 0. The Labute approximate surface area is 87.8 Å². The number of hydrogen-bond acceptors (Lipinski definition) is 3. The van der Waals surface area contributed by atoms with Crippen LogP contribution in [-0.2, 0) is 14.3 Å². The van der Waals surface area contributed by atoms with Crippen LogP contribution in [-0.4, -0.2) is 23.8 Å². The van der Waals surface area contributed by atoms with Gasteiger partial charge in [0.25, 0.3) is 0 Å². The third-order valence-electron chi connectivity index (χ3n) is 4.04. The first kappa shape index (κ1) is 9.04. The van der Waals surface area contributed by atoms with Crippen molar-refractivity contribution in [2.45, 2.75) is 26.1 Å². The first-order valence-electron chi connectivity index (χ1n) is 5.18. The van der Waals surface area contributed by atoms with Crippen molar-refractivity contribution in [3.63, 3.8) is 0 Å². The molecule has 2 aliphatic carbocycles. The van der Waals surface area contributed by atoms with Crippen LogP contribution in [0.2, 0.25) is 0 Å². The molecule has 0 aromatic carbocycles. The number of ketones is 2. The molecule has 1 heterocycles. The molecule has 0 radical (unpaired) electrons. The number of epoxide rings is 1. The SMILES string of the molecule is C[C@H]1C(=O)C=CC2=CC(=O)[C@@H]3O[C@@H]3[C@@]21C. The van der Waals surface area contributed by atoms with Gasteiger partial charge in [0, 0.05) is 11.3 Å². The predicted molar refractivity (Wildman–Crippen MR) is 53.2 cm³/mol. The van der Waals surface area contributed by atoms with Gasteiger partial charge in [-0.15, -0.1) is 0 Å². The van der Waals surface area contributed by atoms with Crippen LogP contribution in [0.1, 0.15) is 13.8 Å². The maximum Gasteiger partial charge on any atom is 0.187 e. The standard InChI is InChI=1S/C12H12O3/c1-6-8(13)4-3-7-5-9(14)10-11(15-10)12(6,7)2/h3-6,10-11H,1-2H3/t6-,10-,11-,12+/m0/s1. The van der Waals surface area contributed by atoms with Crippen LogP contribution < -0.4 is 0 Å². The highest BCUT2D eigenvalue weighted by molar-refractivity contribution is 6.02. The Hall–Kier alpha value is -1.22. The van der Waals surface area contributed by atoms with Gasteiger partial charge in [0.1, 0.15) is 12.2 Å². The fraction of sp³-hybridized carbons (Fsp3) is 0.500. The van der Waals surface area contributed by atoms with Crippen LogP contribution in [0.5, 0.6) is 0 Å². The van der Waals surface area contributed by atoms with Crippen LogP contribution in [0.4, 0.5) is 0 Å². The quantitative estimate of drug-likeness (QED) is 0.554. The van der Waals surface area contributed by atoms with Crippen LogP contribution in [0.3, 0.4) is 0 Å². The largest absolute Gasteiger partial charge is 0.360 e. The number of allylic oxidation sites excluding steroid dienone is 2. The minimum absolute atomic E-state index is 0.0404. The van der Waals surface area contributed by atoms with E-state index < -0.39 is 0 Å². The number of fused-ring (bicyclic) bond motifs is 3. The maximum absolute atomic E-state index is 11.6. The van der Waals surface area contributed by atoms with E-state index >= 15 is 0 Å². The van der Waals surface area contributed by atoms with E-state index in [0.29, 0.717) is 0 Å². The lowest BCUT2D eigenvalue weighted by molar-refractivity contribution is -0.122. The molecule has 0 unspecified atom stereocenters. The highest BCUT2D eigenvalue weighted by Gasteiger charge is 2.62. The van der Waals surface area contributed by atoms with Crippen molar-refractivity contribution in [2.75, 3.05) is 0 Å². The van der Waals surface area contributed by atoms with Gasteiger partial charge in [-0.25, -0.2) is 0 Å². The molecule has 1 aliphatic heterocycles. The van der Waals surface area contributed by atoms with E-state index in [9.17, 15) is 9.59 Å². The zero-order chi connectivity index (χ0) is 10.8. The summed E-state index contributed by atoms with van der Waals surface area (Å²) in [4.78, 5) is 23.1. The molecule has 0 aromatic rings. The predicted octanol–water partition coefficient (Wildman–Crippen LogP) is 1.04. The van der Waals surface area contributed by atoms with Gasteiger partial charge in [-0.2, -0.15) is 0 Å². The van der Waals surface area contributed by atoms with E-state index in [2.05, 4.69) is 0 Å². The summed E-state index contributed by atoms with van der Waals surface area (Å²) in [5, 5.41) is 0. The molecule has 78 valence electrons. The molecule has 3 nitrogen and oxygen atoms in total. The van der Waals surface area contributed by atoms with E-state index in [4.69, 9.17) is 4.74 Å². The average molecular weight is 204 g/mol. The van der Waals surface area contributed by atoms with Gasteiger partial charge in [-0.3, -0.25) is 9.59 Å². The van der Waals surface area contributed by atoms with E-state index in [0.717, 1.165) is 5.57 Å². The third-order valence-corrected chi connectivity index (χ3v) is 4.04. The Bertz CT molecular complexity index is 432. The van der Waals surface area contributed by atoms with Gasteiger partial charge in [0.2, 0.25) is 0 Å². The van der Waals surface area contributed by atoms with E-state index in [-0.39, 0.29) is 35.1 Å². The molecule has 0 aromatic heterocycles. The smallest absolute Gasteiger partial charge is 0.187 e. The molecule has 4 atom stereocenters. The third kappa shape index (κ3) is 0.939. The Morgan fingerprint density at radius 3 is 2.73 bits per heavy atom. The molecule has 3 rings (SSSR count). The lowest BCUT2D eigenvalue weighted by atomic mass is 9.62. The minimum atomic E-state index is -0.301. The monoisotopic (exact) mass is 204 g/mol. The molecular formula is C12H12O3. The van der Waals surface area contributed by atoms with Gasteiger partial charge < -0.3 is 4.74 Å². The summed E-state index contributed by atoms with van der Waals surface area (Å²) < 4.78 is 5.39. The highest BCUT2D eigenvalue weighted by Crippen LogP contribution is 2.54. The van der Waals surface area contributed by atoms with Gasteiger partial charge in [0.05, 0.1) is 0 Å². The molecule has 1 saturated heterocycles. The second kappa shape index (κ2) is 2.47. The molecular weight excluding hydrogens is 192 g/mol. The highest BCUT2D eigenvalue weighted by atomic mass is 16.6. The first-order valence-corrected chi connectivity index (χ1v) is 5.18. The second-order valence-electron chi connectivity index (χ2n) is 4.72. The second-order valence-corrected chi connectivity index (χ2v) is 4.72. The summed E-state index contributed by atoms with van der Waals surface area (Å²) in [6.07, 6.45) is 4.58. The molecule has 15 heavy (non-hydrogen) atoms. The topological polar surface area (TPSA) is 46.7 Å². The van der Waals surface area contributed by atoms with Crippen molar-refractivity contribution in [1.82, 2.24) is 0 Å². The normalized spacial score (nSPS) is 47.1. The van der Waals surface area contributed by atoms with Crippen molar-refractivity contribution in [2.24, 2.45) is 11.3 Å². The fourth-order valence-corrected chi connectivity index (χ4v) is 2.68. The maximum atomic E-state index is 11.6. The number of hydrogen-bond donors (Lipinski definition) is 0. The summed E-state index contributed by atoms with van der Waals surface area (Å²) in [5.41, 5.74) is 0.642. The fourth-order valence-electron chi connectivity index (χ4n) is 2.68. The van der Waals surface area contributed by atoms with Crippen LogP contribution in [0.15, 0.2) is 23.8 Å². The molecule has 1 fully saturated rings. The van der Waals surface area contributed by atoms with Crippen LogP contribution >= 0.6 is 0 Å². The summed E-state index contributed by atoms with van der Waals surface area (Å²) in [7, 11) is 0. The summed E-state index contributed by atoms with van der Waals surface area (Å²) in [6, 6.07) is 0. The molecule has 3 heteroatoms. The van der Waals surface area contributed by atoms with Gasteiger partial charge >= 0.3 is 0 Å². The van der Waals surface area contributed by atoms with Crippen molar-refractivity contribution in [3.05, 3.63) is 23.8 Å². The average Bonchev–Trinajstić information content (AvgIpc) is 2.98. The number of rotatable bonds is 0. The van der Waals surface area contributed by atoms with Crippen LogP contribution in [0.25, 0.3) is 0 Å². The lowest BCUT2D eigenvalue weighted by Crippen LogP contribution is -2.43. The zero-order valence-electron chi connectivity index (χ0n) is 8.69. The summed E-state index contributed by atoms with van der Waals surface area (Å²) in [6.45, 7) is 3.93. The van der Waals surface area contributed by atoms with Crippen LogP contribution in [0, 0.1) is 11.3 Å². The first-order chi connectivity index (χ1) is 7.05. The molecule has 0 spiro atoms. The number of carbonyl (C=O) groups excluding carboxylic acids is 2. The Balaban J connectivity index is 2.17. The number of ether oxygens (including phenoxy) is 1. The Morgan fingerprint density at radius 1 is 1.27 bits per heavy atom. The molecule has 3 aliphatic rings. The van der Waals surface area contributed by atoms with Gasteiger partial charge in [-0.05, 0) is 17.7 Å². The molecule has 0 bridgehead atoms.